The minimum absolute atomic E-state index is 0.290. The summed E-state index contributed by atoms with van der Waals surface area (Å²) >= 11 is 1.72. The molecule has 0 bridgehead atoms. The molecule has 31 heavy (non-hydrogen) atoms. The Balaban J connectivity index is 1.81. The highest BCUT2D eigenvalue weighted by atomic mass is 32.1. The van der Waals surface area contributed by atoms with Crippen molar-refractivity contribution in [1.82, 2.24) is 15.1 Å². The number of hydrogen-bond donors (Lipinski definition) is 3. The van der Waals surface area contributed by atoms with E-state index in [1.54, 1.807) is 28.2 Å². The van der Waals surface area contributed by atoms with E-state index in [0.29, 0.717) is 42.2 Å². The lowest BCUT2D eigenvalue weighted by atomic mass is 10.1. The Labute approximate surface area is 185 Å². The molecule has 0 saturated carbocycles. The fraction of sp³-hybridized carbons (Fsp3) is 0.318. The van der Waals surface area contributed by atoms with Gasteiger partial charge in [-0.2, -0.15) is 5.10 Å². The second-order valence-electron chi connectivity index (χ2n) is 7.13. The summed E-state index contributed by atoms with van der Waals surface area (Å²) < 4.78 is 7.02. The summed E-state index contributed by atoms with van der Waals surface area (Å²) in [5.74, 6) is 0.158. The second kappa shape index (κ2) is 9.76. The molecule has 1 aromatic carbocycles. The van der Waals surface area contributed by atoms with E-state index < -0.39 is 0 Å². The van der Waals surface area contributed by atoms with Crippen LogP contribution in [0.4, 0.5) is 5.82 Å². The van der Waals surface area contributed by atoms with Crippen LogP contribution in [0.1, 0.15) is 36.9 Å². The van der Waals surface area contributed by atoms with Crippen LogP contribution in [-0.4, -0.2) is 41.8 Å². The molecule has 0 saturated heterocycles. The second-order valence-corrected chi connectivity index (χ2v) is 8.59. The van der Waals surface area contributed by atoms with Crippen molar-refractivity contribution in [1.29, 1.82) is 0 Å². The topological polar surface area (TPSA) is 111 Å². The average molecular weight is 442 g/mol. The van der Waals surface area contributed by atoms with Crippen LogP contribution in [0.15, 0.2) is 30.3 Å². The Bertz CT molecular complexity index is 1100. The number of nitrogens with one attached hydrogen (secondary N) is 2. The van der Waals surface area contributed by atoms with Gasteiger partial charge < -0.3 is 21.1 Å². The van der Waals surface area contributed by atoms with Gasteiger partial charge in [0, 0.05) is 40.5 Å². The molecule has 3 aromatic rings. The predicted octanol–water partition coefficient (Wildman–Crippen LogP) is 3.10. The molecule has 2 heterocycles. The number of carbonyl (C=O) groups is 2. The maximum absolute atomic E-state index is 12.8. The number of benzene rings is 1. The molecule has 0 unspecified atom stereocenters. The van der Waals surface area contributed by atoms with E-state index in [9.17, 15) is 9.59 Å². The lowest BCUT2D eigenvalue weighted by Crippen LogP contribution is -2.26. The van der Waals surface area contributed by atoms with Gasteiger partial charge in [-0.1, -0.05) is 0 Å². The molecule has 2 aromatic heterocycles. The normalized spacial score (nSPS) is 10.7. The van der Waals surface area contributed by atoms with Crippen LogP contribution >= 0.6 is 11.3 Å². The van der Waals surface area contributed by atoms with E-state index in [4.69, 9.17) is 10.5 Å². The first kappa shape index (κ1) is 22.5. The molecular formula is C22H27N5O3S. The van der Waals surface area contributed by atoms with E-state index >= 15 is 0 Å². The van der Waals surface area contributed by atoms with Gasteiger partial charge in [-0.3, -0.25) is 14.3 Å². The highest BCUT2D eigenvalue weighted by Gasteiger charge is 2.18. The number of methoxy groups -OCH3 is 1. The molecule has 0 aliphatic heterocycles. The summed E-state index contributed by atoms with van der Waals surface area (Å²) in [5.41, 5.74) is 8.11. The zero-order valence-corrected chi connectivity index (χ0v) is 18.9. The van der Waals surface area contributed by atoms with Gasteiger partial charge >= 0.3 is 0 Å². The minimum atomic E-state index is -0.360. The number of carbonyl (C=O) groups excluding carboxylic acids is 2. The zero-order valence-electron chi connectivity index (χ0n) is 18.1. The van der Waals surface area contributed by atoms with Crippen molar-refractivity contribution in [3.63, 3.8) is 0 Å². The van der Waals surface area contributed by atoms with Gasteiger partial charge in [0.25, 0.3) is 11.8 Å². The Morgan fingerprint density at radius 3 is 2.61 bits per heavy atom. The fourth-order valence-corrected chi connectivity index (χ4v) is 4.21. The maximum Gasteiger partial charge on any atom is 0.256 e. The number of hydrogen-bond acceptors (Lipinski definition) is 6. The van der Waals surface area contributed by atoms with Gasteiger partial charge in [-0.05, 0) is 51.1 Å². The Hall–Kier alpha value is -3.17. The first-order valence-corrected chi connectivity index (χ1v) is 10.7. The first-order chi connectivity index (χ1) is 14.8. The highest BCUT2D eigenvalue weighted by Crippen LogP contribution is 2.31. The molecule has 0 radical (unpaired) electrons. The summed E-state index contributed by atoms with van der Waals surface area (Å²) in [4.78, 5) is 27.7. The molecule has 164 valence electrons. The number of nitrogens with zero attached hydrogens (tertiary/aromatic N) is 2. The van der Waals surface area contributed by atoms with Gasteiger partial charge in [0.15, 0.2) is 5.82 Å². The van der Waals surface area contributed by atoms with Crippen molar-refractivity contribution in [2.24, 2.45) is 12.8 Å². The quantitative estimate of drug-likeness (QED) is 0.465. The minimum Gasteiger partial charge on any atom is -0.496 e. The van der Waals surface area contributed by atoms with Gasteiger partial charge in [-0.25, -0.2) is 0 Å². The van der Waals surface area contributed by atoms with E-state index in [0.717, 1.165) is 11.3 Å². The molecule has 0 spiro atoms. The molecule has 8 nitrogen and oxygen atoms in total. The summed E-state index contributed by atoms with van der Waals surface area (Å²) in [6.07, 6.45) is 0.666. The lowest BCUT2D eigenvalue weighted by Gasteiger charge is -2.11. The highest BCUT2D eigenvalue weighted by molar-refractivity contribution is 7.12. The van der Waals surface area contributed by atoms with Crippen LogP contribution in [0.2, 0.25) is 0 Å². The van der Waals surface area contributed by atoms with Crippen LogP contribution in [0, 0.1) is 13.8 Å². The van der Waals surface area contributed by atoms with Gasteiger partial charge in [-0.15, -0.1) is 11.3 Å². The largest absolute Gasteiger partial charge is 0.496 e. The number of nitrogens with two attached hydrogens (primary N) is 1. The van der Waals surface area contributed by atoms with Crippen molar-refractivity contribution < 1.29 is 14.3 Å². The molecule has 0 aliphatic rings. The number of aromatic nitrogens is 2. The van der Waals surface area contributed by atoms with Crippen molar-refractivity contribution >= 4 is 29.0 Å². The molecule has 0 atom stereocenters. The van der Waals surface area contributed by atoms with Crippen LogP contribution < -0.4 is 21.1 Å². The van der Waals surface area contributed by atoms with Crippen molar-refractivity contribution in [2.75, 3.05) is 25.5 Å². The van der Waals surface area contributed by atoms with Crippen LogP contribution in [0.3, 0.4) is 0 Å². The molecule has 0 fully saturated rings. The van der Waals surface area contributed by atoms with Gasteiger partial charge in [0.1, 0.15) is 5.75 Å². The smallest absolute Gasteiger partial charge is 0.256 e. The standard InChI is InChI=1S/C22H27N5O3S/c1-13-10-16(14(2)31-13)18-12-20(26-27(18)3)25-21(28)15-6-7-19(30-4)17(11-15)22(29)24-9-5-8-23/h6-7,10-12H,5,8-9,23H2,1-4H3,(H,24,29)(H,25,26,28). The number of ether oxygens (including phenoxy) is 1. The van der Waals surface area contributed by atoms with E-state index in [-0.39, 0.29) is 11.8 Å². The van der Waals surface area contributed by atoms with Crippen molar-refractivity contribution in [3.8, 4) is 17.0 Å². The maximum atomic E-state index is 12.8. The van der Waals surface area contributed by atoms with Crippen LogP contribution in [0.5, 0.6) is 5.75 Å². The third-order valence-corrected chi connectivity index (χ3v) is 5.78. The summed E-state index contributed by atoms with van der Waals surface area (Å²) in [7, 11) is 3.32. The third kappa shape index (κ3) is 5.12. The van der Waals surface area contributed by atoms with Gasteiger partial charge in [0.05, 0.1) is 18.4 Å². The molecule has 9 heteroatoms. The predicted molar refractivity (Wildman–Crippen MR) is 123 cm³/mol. The Morgan fingerprint density at radius 1 is 1.19 bits per heavy atom. The van der Waals surface area contributed by atoms with E-state index in [1.165, 1.54) is 22.9 Å². The monoisotopic (exact) mass is 441 g/mol. The molecule has 2 amide bonds. The Kier molecular flexibility index (Phi) is 7.09. The van der Waals surface area contributed by atoms with Gasteiger partial charge in [0.2, 0.25) is 0 Å². The number of anilines is 1. The molecular weight excluding hydrogens is 414 g/mol. The lowest BCUT2D eigenvalue weighted by molar-refractivity contribution is 0.0950. The Morgan fingerprint density at radius 2 is 1.97 bits per heavy atom. The number of rotatable bonds is 8. The third-order valence-electron chi connectivity index (χ3n) is 4.81. The van der Waals surface area contributed by atoms with E-state index in [2.05, 4.69) is 35.6 Å². The zero-order chi connectivity index (χ0) is 22.5. The molecule has 0 aliphatic carbocycles. The molecule has 3 rings (SSSR count). The number of amides is 2. The van der Waals surface area contributed by atoms with E-state index in [1.807, 2.05) is 13.1 Å². The van der Waals surface area contributed by atoms with Crippen LogP contribution in [0.25, 0.3) is 11.3 Å². The van der Waals surface area contributed by atoms with Crippen molar-refractivity contribution in [2.45, 2.75) is 20.3 Å². The number of thiophene rings is 1. The number of aryl methyl sites for hydroxylation is 3. The first-order valence-electron chi connectivity index (χ1n) is 9.93. The molecule has 4 N–H and O–H groups in total. The van der Waals surface area contributed by atoms with Crippen LogP contribution in [-0.2, 0) is 7.05 Å². The summed E-state index contributed by atoms with van der Waals surface area (Å²) in [5, 5.41) is 10.0. The summed E-state index contributed by atoms with van der Waals surface area (Å²) in [6, 6.07) is 8.69. The van der Waals surface area contributed by atoms with Crippen molar-refractivity contribution in [3.05, 3.63) is 51.2 Å². The summed E-state index contributed by atoms with van der Waals surface area (Å²) in [6.45, 7) is 5.06. The fourth-order valence-electron chi connectivity index (χ4n) is 3.28. The SMILES string of the molecule is COc1ccc(C(=O)Nc2cc(-c3cc(C)sc3C)n(C)n2)cc1C(=O)NCCCN. The average Bonchev–Trinajstić information content (AvgIpc) is 3.27.